The number of ether oxygens (including phenoxy) is 1. The van der Waals surface area contributed by atoms with Crippen molar-refractivity contribution in [2.75, 3.05) is 43.4 Å². The van der Waals surface area contributed by atoms with Gasteiger partial charge in [0, 0.05) is 37.7 Å². The molecule has 3 rings (SSSR count). The Bertz CT molecular complexity index is 734. The SMILES string of the molecule is COCC1(C)CCN(C(=O)c2cccc(N3CCCS3(=O)=O)c2)C1. The van der Waals surface area contributed by atoms with E-state index < -0.39 is 10.0 Å². The maximum Gasteiger partial charge on any atom is 0.253 e. The molecule has 0 aromatic heterocycles. The van der Waals surface area contributed by atoms with Crippen LogP contribution in [0.3, 0.4) is 0 Å². The first-order valence-corrected chi connectivity index (χ1v) is 9.84. The monoisotopic (exact) mass is 352 g/mol. The number of anilines is 1. The van der Waals surface area contributed by atoms with Gasteiger partial charge < -0.3 is 9.64 Å². The van der Waals surface area contributed by atoms with Gasteiger partial charge in [0.05, 0.1) is 18.0 Å². The van der Waals surface area contributed by atoms with Crippen LogP contribution in [0.5, 0.6) is 0 Å². The molecule has 2 fully saturated rings. The van der Waals surface area contributed by atoms with Gasteiger partial charge in [0.25, 0.3) is 5.91 Å². The van der Waals surface area contributed by atoms with Crippen molar-refractivity contribution in [2.24, 2.45) is 5.41 Å². The smallest absolute Gasteiger partial charge is 0.253 e. The maximum absolute atomic E-state index is 12.8. The quantitative estimate of drug-likeness (QED) is 0.828. The number of carbonyl (C=O) groups excluding carboxylic acids is 1. The van der Waals surface area contributed by atoms with Gasteiger partial charge in [0.2, 0.25) is 10.0 Å². The van der Waals surface area contributed by atoms with E-state index >= 15 is 0 Å². The molecule has 0 radical (unpaired) electrons. The molecule has 0 bridgehead atoms. The molecule has 2 aliphatic heterocycles. The van der Waals surface area contributed by atoms with Gasteiger partial charge in [0.1, 0.15) is 0 Å². The highest BCUT2D eigenvalue weighted by atomic mass is 32.2. The van der Waals surface area contributed by atoms with Crippen molar-refractivity contribution in [1.82, 2.24) is 4.90 Å². The largest absolute Gasteiger partial charge is 0.384 e. The van der Waals surface area contributed by atoms with E-state index in [9.17, 15) is 13.2 Å². The van der Waals surface area contributed by atoms with E-state index in [0.29, 0.717) is 43.9 Å². The van der Waals surface area contributed by atoms with Gasteiger partial charge in [-0.2, -0.15) is 0 Å². The third-order valence-corrected chi connectivity index (χ3v) is 6.69. The minimum atomic E-state index is -3.24. The summed E-state index contributed by atoms with van der Waals surface area (Å²) in [6.45, 7) is 4.59. The molecular formula is C17H24N2O4S. The molecule has 0 spiro atoms. The summed E-state index contributed by atoms with van der Waals surface area (Å²) in [4.78, 5) is 14.6. The number of rotatable bonds is 4. The summed E-state index contributed by atoms with van der Waals surface area (Å²) < 4.78 is 30.8. The van der Waals surface area contributed by atoms with Crippen molar-refractivity contribution < 1.29 is 17.9 Å². The van der Waals surface area contributed by atoms with Crippen LogP contribution in [-0.4, -0.2) is 58.3 Å². The number of sulfonamides is 1. The molecule has 2 aliphatic rings. The van der Waals surface area contributed by atoms with E-state index in [0.717, 1.165) is 6.42 Å². The first-order chi connectivity index (χ1) is 11.3. The van der Waals surface area contributed by atoms with Crippen molar-refractivity contribution in [3.63, 3.8) is 0 Å². The third kappa shape index (κ3) is 3.28. The molecule has 0 saturated carbocycles. The molecule has 0 N–H and O–H groups in total. The Morgan fingerprint density at radius 1 is 1.33 bits per heavy atom. The van der Waals surface area contributed by atoms with E-state index in [1.807, 2.05) is 4.90 Å². The predicted octanol–water partition coefficient (Wildman–Crippen LogP) is 1.73. The third-order valence-electron chi connectivity index (χ3n) is 4.82. The molecule has 1 unspecified atom stereocenters. The van der Waals surface area contributed by atoms with Crippen molar-refractivity contribution >= 4 is 21.6 Å². The maximum atomic E-state index is 12.8. The van der Waals surface area contributed by atoms with E-state index in [1.165, 1.54) is 4.31 Å². The Labute approximate surface area is 143 Å². The van der Waals surface area contributed by atoms with Gasteiger partial charge in [-0.15, -0.1) is 0 Å². The summed E-state index contributed by atoms with van der Waals surface area (Å²) >= 11 is 0. The number of hydrogen-bond acceptors (Lipinski definition) is 4. The second kappa shape index (κ2) is 6.37. The number of methoxy groups -OCH3 is 1. The number of amides is 1. The summed E-state index contributed by atoms with van der Waals surface area (Å²) in [6, 6.07) is 6.94. The zero-order valence-electron chi connectivity index (χ0n) is 14.2. The van der Waals surface area contributed by atoms with Crippen LogP contribution in [-0.2, 0) is 14.8 Å². The first-order valence-electron chi connectivity index (χ1n) is 8.23. The summed E-state index contributed by atoms with van der Waals surface area (Å²) in [5.74, 6) is 0.125. The van der Waals surface area contributed by atoms with Crippen LogP contribution < -0.4 is 4.31 Å². The standard InChI is InChI=1S/C17H24N2O4S/c1-17(13-23-2)7-9-18(12-17)16(20)14-5-3-6-15(11-14)19-8-4-10-24(19,21)22/h3,5-6,11H,4,7-10,12-13H2,1-2H3. The van der Waals surface area contributed by atoms with Crippen LogP contribution in [0.1, 0.15) is 30.1 Å². The average molecular weight is 352 g/mol. The van der Waals surface area contributed by atoms with E-state index in [2.05, 4.69) is 6.92 Å². The highest BCUT2D eigenvalue weighted by Gasteiger charge is 2.36. The number of hydrogen-bond donors (Lipinski definition) is 0. The Morgan fingerprint density at radius 3 is 2.79 bits per heavy atom. The van der Waals surface area contributed by atoms with E-state index in [4.69, 9.17) is 4.74 Å². The summed E-state index contributed by atoms with van der Waals surface area (Å²) in [5, 5.41) is 0. The second-order valence-electron chi connectivity index (χ2n) is 7.01. The molecule has 132 valence electrons. The van der Waals surface area contributed by atoms with Gasteiger partial charge in [0.15, 0.2) is 0 Å². The van der Waals surface area contributed by atoms with Crippen LogP contribution in [0.15, 0.2) is 24.3 Å². The lowest BCUT2D eigenvalue weighted by molar-refractivity contribution is 0.0710. The zero-order valence-corrected chi connectivity index (χ0v) is 15.0. The zero-order chi connectivity index (χ0) is 17.4. The highest BCUT2D eigenvalue weighted by molar-refractivity contribution is 7.93. The predicted molar refractivity (Wildman–Crippen MR) is 92.7 cm³/mol. The van der Waals surface area contributed by atoms with Gasteiger partial charge in [-0.25, -0.2) is 8.42 Å². The lowest BCUT2D eigenvalue weighted by Gasteiger charge is -2.24. The fourth-order valence-electron chi connectivity index (χ4n) is 3.57. The minimum absolute atomic E-state index is 0.0136. The van der Waals surface area contributed by atoms with Crippen molar-refractivity contribution in [3.05, 3.63) is 29.8 Å². The van der Waals surface area contributed by atoms with Gasteiger partial charge in [-0.05, 0) is 31.0 Å². The Hall–Kier alpha value is -1.60. The Balaban J connectivity index is 1.78. The normalized spacial score (nSPS) is 26.1. The van der Waals surface area contributed by atoms with Crippen molar-refractivity contribution in [2.45, 2.75) is 19.8 Å². The van der Waals surface area contributed by atoms with Crippen LogP contribution in [0.4, 0.5) is 5.69 Å². The number of carbonyl (C=O) groups is 1. The van der Waals surface area contributed by atoms with Gasteiger partial charge in [-0.3, -0.25) is 9.10 Å². The second-order valence-corrected chi connectivity index (χ2v) is 9.03. The molecule has 2 saturated heterocycles. The van der Waals surface area contributed by atoms with Crippen LogP contribution in [0.25, 0.3) is 0 Å². The summed E-state index contributed by atoms with van der Waals surface area (Å²) in [6.07, 6.45) is 1.54. The van der Waals surface area contributed by atoms with Gasteiger partial charge >= 0.3 is 0 Å². The average Bonchev–Trinajstić information content (AvgIpc) is 3.09. The molecule has 1 amide bonds. The van der Waals surface area contributed by atoms with Gasteiger partial charge in [-0.1, -0.05) is 13.0 Å². The van der Waals surface area contributed by atoms with Crippen LogP contribution >= 0.6 is 0 Å². The van der Waals surface area contributed by atoms with Crippen molar-refractivity contribution in [1.29, 1.82) is 0 Å². The number of nitrogens with zero attached hydrogens (tertiary/aromatic N) is 2. The highest BCUT2D eigenvalue weighted by Crippen LogP contribution is 2.32. The van der Waals surface area contributed by atoms with Crippen LogP contribution in [0, 0.1) is 5.41 Å². The molecule has 7 heteroatoms. The summed E-state index contributed by atoms with van der Waals surface area (Å²) in [5.41, 5.74) is 1.11. The molecule has 1 aromatic rings. The van der Waals surface area contributed by atoms with Crippen LogP contribution in [0.2, 0.25) is 0 Å². The fraction of sp³-hybridized carbons (Fsp3) is 0.588. The minimum Gasteiger partial charge on any atom is -0.384 e. The molecule has 1 aromatic carbocycles. The molecule has 1 atom stereocenters. The molecular weight excluding hydrogens is 328 g/mol. The number of benzene rings is 1. The molecule has 24 heavy (non-hydrogen) atoms. The van der Waals surface area contributed by atoms with E-state index in [1.54, 1.807) is 31.4 Å². The van der Waals surface area contributed by atoms with Crippen molar-refractivity contribution in [3.8, 4) is 0 Å². The topological polar surface area (TPSA) is 66.9 Å². The lowest BCUT2D eigenvalue weighted by atomic mass is 9.91. The Kier molecular flexibility index (Phi) is 4.57. The molecule has 0 aliphatic carbocycles. The fourth-order valence-corrected chi connectivity index (χ4v) is 5.13. The Morgan fingerprint density at radius 2 is 2.12 bits per heavy atom. The summed E-state index contributed by atoms with van der Waals surface area (Å²) in [7, 11) is -1.56. The number of likely N-dealkylation sites (tertiary alicyclic amines) is 1. The first kappa shape index (κ1) is 17.2. The van der Waals surface area contributed by atoms with E-state index in [-0.39, 0.29) is 17.1 Å². The molecule has 2 heterocycles. The lowest BCUT2D eigenvalue weighted by Crippen LogP contribution is -2.33. The molecule has 6 nitrogen and oxygen atoms in total.